The smallest absolute Gasteiger partial charge is 0.329 e. The van der Waals surface area contributed by atoms with Crippen molar-refractivity contribution in [3.8, 4) is 0 Å². The van der Waals surface area contributed by atoms with Gasteiger partial charge in [0.25, 0.3) is 5.92 Å². The van der Waals surface area contributed by atoms with Gasteiger partial charge in [0.15, 0.2) is 0 Å². The van der Waals surface area contributed by atoms with E-state index in [1.54, 1.807) is 0 Å². The van der Waals surface area contributed by atoms with Gasteiger partial charge in [-0.05, 0) is 0 Å². The van der Waals surface area contributed by atoms with Crippen molar-refractivity contribution in [1.29, 1.82) is 0 Å². The van der Waals surface area contributed by atoms with Crippen LogP contribution in [0.25, 0.3) is 0 Å². The number of aliphatic hydroxyl groups excluding tert-OH is 1. The minimum atomic E-state index is -3.41. The van der Waals surface area contributed by atoms with Crippen molar-refractivity contribution in [3.05, 3.63) is 16.3 Å². The summed E-state index contributed by atoms with van der Waals surface area (Å²) in [5, 5.41) is 20.9. The Morgan fingerprint density at radius 2 is 2.29 bits per heavy atom. The Hall–Kier alpha value is -2.10. The van der Waals surface area contributed by atoms with Crippen LogP contribution in [0.1, 0.15) is 0 Å². The molecular formula is C7H9F2N5O3. The molecule has 4 N–H and O–H groups in total. The van der Waals surface area contributed by atoms with Crippen molar-refractivity contribution >= 4 is 17.5 Å². The van der Waals surface area contributed by atoms with Gasteiger partial charge in [-0.1, -0.05) is 0 Å². The second-order valence-corrected chi connectivity index (χ2v) is 3.09. The highest BCUT2D eigenvalue weighted by Crippen LogP contribution is 2.22. The molecule has 0 aliphatic heterocycles. The fourth-order valence-electron chi connectivity index (χ4n) is 0.922. The summed E-state index contributed by atoms with van der Waals surface area (Å²) in [4.78, 5) is 16.5. The number of anilines is 2. The first kappa shape index (κ1) is 13.0. The Balaban J connectivity index is 2.89. The molecule has 0 atom stereocenters. The molecule has 0 aromatic carbocycles. The molecule has 10 heteroatoms. The molecule has 0 unspecified atom stereocenters. The van der Waals surface area contributed by atoms with E-state index in [4.69, 9.17) is 10.8 Å². The number of rotatable bonds is 5. The van der Waals surface area contributed by atoms with Crippen LogP contribution in [0.4, 0.5) is 26.2 Å². The molecule has 0 amide bonds. The van der Waals surface area contributed by atoms with Gasteiger partial charge in [-0.3, -0.25) is 10.1 Å². The number of nitrogens with one attached hydrogen (secondary N) is 1. The van der Waals surface area contributed by atoms with Crippen molar-refractivity contribution < 1.29 is 18.8 Å². The lowest BCUT2D eigenvalue weighted by atomic mass is 10.3. The quantitative estimate of drug-likeness (QED) is 0.495. The average molecular weight is 249 g/mol. The molecule has 1 aromatic rings. The highest BCUT2D eigenvalue weighted by Gasteiger charge is 2.29. The van der Waals surface area contributed by atoms with Gasteiger partial charge in [0.1, 0.15) is 12.8 Å². The number of hydrogen-bond acceptors (Lipinski definition) is 7. The Labute approximate surface area is 93.6 Å². The highest BCUT2D eigenvalue weighted by atomic mass is 19.3. The summed E-state index contributed by atoms with van der Waals surface area (Å²) in [6.45, 7) is -2.38. The van der Waals surface area contributed by atoms with Gasteiger partial charge in [-0.25, -0.2) is 13.8 Å². The molecule has 0 radical (unpaired) electrons. The third kappa shape index (κ3) is 3.45. The summed E-state index contributed by atoms with van der Waals surface area (Å²) in [7, 11) is 0. The zero-order valence-electron chi connectivity index (χ0n) is 8.43. The predicted octanol–water partition coefficient (Wildman–Crippen LogP) is 0.00650. The largest absolute Gasteiger partial charge is 0.390 e. The lowest BCUT2D eigenvalue weighted by molar-refractivity contribution is -0.384. The van der Waals surface area contributed by atoms with Crippen LogP contribution in [-0.4, -0.2) is 39.1 Å². The zero-order chi connectivity index (χ0) is 13.1. The van der Waals surface area contributed by atoms with Gasteiger partial charge in [-0.2, -0.15) is 4.98 Å². The maximum absolute atomic E-state index is 12.7. The van der Waals surface area contributed by atoms with Gasteiger partial charge in [-0.15, -0.1) is 0 Å². The molecule has 0 saturated carbocycles. The second-order valence-electron chi connectivity index (χ2n) is 3.09. The van der Waals surface area contributed by atoms with Crippen molar-refractivity contribution in [2.45, 2.75) is 5.92 Å². The first-order chi connectivity index (χ1) is 7.85. The normalized spacial score (nSPS) is 11.2. The molecule has 0 aliphatic rings. The first-order valence-corrected chi connectivity index (χ1v) is 4.35. The molecule has 17 heavy (non-hydrogen) atoms. The summed E-state index contributed by atoms with van der Waals surface area (Å²) in [6.07, 6.45) is 0.807. The monoisotopic (exact) mass is 249 g/mol. The molecule has 94 valence electrons. The Morgan fingerprint density at radius 1 is 1.65 bits per heavy atom. The number of nitrogens with two attached hydrogens (primary N) is 1. The topological polar surface area (TPSA) is 127 Å². The fourth-order valence-corrected chi connectivity index (χ4v) is 0.922. The maximum Gasteiger partial charge on any atom is 0.329 e. The number of nitrogen functional groups attached to an aromatic ring is 1. The zero-order valence-corrected chi connectivity index (χ0v) is 8.43. The number of hydrogen-bond donors (Lipinski definition) is 3. The molecular weight excluding hydrogens is 240 g/mol. The van der Waals surface area contributed by atoms with Gasteiger partial charge < -0.3 is 16.2 Å². The molecule has 8 nitrogen and oxygen atoms in total. The molecule has 1 heterocycles. The minimum absolute atomic E-state index is 0.287. The molecule has 0 spiro atoms. The predicted molar refractivity (Wildman–Crippen MR) is 53.6 cm³/mol. The van der Waals surface area contributed by atoms with Crippen molar-refractivity contribution in [1.82, 2.24) is 9.97 Å². The summed E-state index contributed by atoms with van der Waals surface area (Å²) >= 11 is 0. The number of aliphatic hydroxyl groups is 1. The number of nitro groups is 1. The number of nitrogens with zero attached hydrogens (tertiary/aromatic N) is 3. The van der Waals surface area contributed by atoms with E-state index >= 15 is 0 Å². The second kappa shape index (κ2) is 4.82. The van der Waals surface area contributed by atoms with E-state index in [1.807, 2.05) is 5.32 Å². The Kier molecular flexibility index (Phi) is 3.68. The van der Waals surface area contributed by atoms with Crippen LogP contribution < -0.4 is 11.1 Å². The van der Waals surface area contributed by atoms with Crippen LogP contribution in [0, 0.1) is 10.1 Å². The minimum Gasteiger partial charge on any atom is -0.390 e. The van der Waals surface area contributed by atoms with Crippen LogP contribution in [0.5, 0.6) is 0 Å². The Bertz CT molecular complexity index is 428. The molecule has 0 aliphatic carbocycles. The summed E-state index contributed by atoms with van der Waals surface area (Å²) in [6, 6.07) is 0. The fraction of sp³-hybridized carbons (Fsp3) is 0.429. The van der Waals surface area contributed by atoms with Gasteiger partial charge >= 0.3 is 5.69 Å². The van der Waals surface area contributed by atoms with E-state index in [9.17, 15) is 18.9 Å². The van der Waals surface area contributed by atoms with Gasteiger partial charge in [0.2, 0.25) is 11.8 Å². The molecule has 0 bridgehead atoms. The Morgan fingerprint density at radius 3 is 2.82 bits per heavy atom. The molecule has 1 aromatic heterocycles. The highest BCUT2D eigenvalue weighted by molar-refractivity contribution is 5.56. The van der Waals surface area contributed by atoms with E-state index in [-0.39, 0.29) is 5.95 Å². The van der Waals surface area contributed by atoms with Crippen LogP contribution in [0.15, 0.2) is 6.20 Å². The lowest BCUT2D eigenvalue weighted by Gasteiger charge is -2.14. The third-order valence-corrected chi connectivity index (χ3v) is 1.73. The van der Waals surface area contributed by atoms with E-state index in [1.165, 1.54) is 0 Å². The first-order valence-electron chi connectivity index (χ1n) is 4.35. The number of alkyl halides is 2. The number of halogens is 2. The van der Waals surface area contributed by atoms with Crippen LogP contribution in [-0.2, 0) is 0 Å². The van der Waals surface area contributed by atoms with E-state index in [0.29, 0.717) is 0 Å². The van der Waals surface area contributed by atoms with Gasteiger partial charge in [0, 0.05) is 0 Å². The molecule has 0 saturated heterocycles. The van der Waals surface area contributed by atoms with Crippen LogP contribution >= 0.6 is 0 Å². The maximum atomic E-state index is 12.7. The van der Waals surface area contributed by atoms with Crippen molar-refractivity contribution in [3.63, 3.8) is 0 Å². The van der Waals surface area contributed by atoms with Crippen LogP contribution in [0.2, 0.25) is 0 Å². The lowest BCUT2D eigenvalue weighted by Crippen LogP contribution is -2.31. The van der Waals surface area contributed by atoms with Crippen molar-refractivity contribution in [2.75, 3.05) is 24.2 Å². The molecule has 1 rings (SSSR count). The SMILES string of the molecule is Nc1ncc([N+](=O)[O-])c(NCC(F)(F)CO)n1. The molecule has 0 fully saturated rings. The average Bonchev–Trinajstić information content (AvgIpc) is 2.26. The summed E-state index contributed by atoms with van der Waals surface area (Å²) in [5.41, 5.74) is 4.60. The summed E-state index contributed by atoms with van der Waals surface area (Å²) < 4.78 is 25.4. The van der Waals surface area contributed by atoms with E-state index in [2.05, 4.69) is 9.97 Å². The van der Waals surface area contributed by atoms with Crippen molar-refractivity contribution in [2.24, 2.45) is 0 Å². The summed E-state index contributed by atoms with van der Waals surface area (Å²) in [5.74, 6) is -4.12. The number of aromatic nitrogens is 2. The van der Waals surface area contributed by atoms with Crippen LogP contribution in [0.3, 0.4) is 0 Å². The van der Waals surface area contributed by atoms with E-state index in [0.717, 1.165) is 6.20 Å². The van der Waals surface area contributed by atoms with E-state index < -0.39 is 35.5 Å². The standard InChI is InChI=1S/C7H9F2N5O3/c8-7(9,3-15)2-12-5-4(14(16)17)1-11-6(10)13-5/h1,15H,2-3H2,(H3,10,11,12,13). The third-order valence-electron chi connectivity index (χ3n) is 1.73. The van der Waals surface area contributed by atoms with Gasteiger partial charge in [0.05, 0.1) is 11.5 Å².